The molecule has 0 heterocycles. The summed E-state index contributed by atoms with van der Waals surface area (Å²) in [6, 6.07) is 11.7. The lowest BCUT2D eigenvalue weighted by molar-refractivity contribution is 0.211. The minimum atomic E-state index is 0.442. The maximum atomic E-state index is 5.74. The summed E-state index contributed by atoms with van der Waals surface area (Å²) < 4.78 is 16.7. The first-order valence-corrected chi connectivity index (χ1v) is 7.34. The summed E-state index contributed by atoms with van der Waals surface area (Å²) in [5.74, 6) is 2.24. The van der Waals surface area contributed by atoms with E-state index in [1.165, 1.54) is 11.1 Å². The second kappa shape index (κ2) is 7.71. The molecule has 0 aliphatic carbocycles. The Labute approximate surface area is 131 Å². The van der Waals surface area contributed by atoms with E-state index in [9.17, 15) is 0 Å². The monoisotopic (exact) mass is 301 g/mol. The average molecular weight is 301 g/mol. The molecular formula is C18H23NO3. The second-order valence-corrected chi connectivity index (χ2v) is 5.13. The van der Waals surface area contributed by atoms with E-state index in [1.807, 2.05) is 30.3 Å². The molecule has 0 saturated carbocycles. The summed E-state index contributed by atoms with van der Waals surface area (Å²) in [6.07, 6.45) is 0. The Morgan fingerprint density at radius 1 is 0.864 bits per heavy atom. The van der Waals surface area contributed by atoms with Crippen LogP contribution in [0.2, 0.25) is 0 Å². The van der Waals surface area contributed by atoms with Crippen molar-refractivity contribution in [2.45, 2.75) is 20.4 Å². The Morgan fingerprint density at radius 2 is 1.64 bits per heavy atom. The number of hydrogen-bond acceptors (Lipinski definition) is 4. The summed E-state index contributed by atoms with van der Waals surface area (Å²) in [7, 11) is 1.62. The van der Waals surface area contributed by atoms with Crippen molar-refractivity contribution in [3.05, 3.63) is 53.1 Å². The van der Waals surface area contributed by atoms with Crippen LogP contribution in [0.1, 0.15) is 16.7 Å². The van der Waals surface area contributed by atoms with Gasteiger partial charge in [-0.1, -0.05) is 12.1 Å². The molecule has 4 nitrogen and oxygen atoms in total. The van der Waals surface area contributed by atoms with Gasteiger partial charge in [-0.3, -0.25) is 0 Å². The molecule has 0 amide bonds. The van der Waals surface area contributed by atoms with Crippen molar-refractivity contribution in [2.75, 3.05) is 20.3 Å². The molecule has 0 aliphatic rings. The first-order chi connectivity index (χ1) is 10.6. The van der Waals surface area contributed by atoms with Crippen LogP contribution in [0.3, 0.4) is 0 Å². The highest BCUT2D eigenvalue weighted by Gasteiger charge is 2.05. The van der Waals surface area contributed by atoms with E-state index < -0.39 is 0 Å². The van der Waals surface area contributed by atoms with Crippen molar-refractivity contribution in [2.24, 2.45) is 5.73 Å². The van der Waals surface area contributed by atoms with Gasteiger partial charge >= 0.3 is 0 Å². The minimum absolute atomic E-state index is 0.442. The van der Waals surface area contributed by atoms with Crippen LogP contribution in [0, 0.1) is 13.8 Å². The van der Waals surface area contributed by atoms with Gasteiger partial charge in [0, 0.05) is 6.54 Å². The predicted octanol–water partition coefficient (Wildman–Crippen LogP) is 3.23. The molecule has 0 spiro atoms. The molecule has 0 aromatic heterocycles. The van der Waals surface area contributed by atoms with Crippen molar-refractivity contribution >= 4 is 0 Å². The highest BCUT2D eigenvalue weighted by atomic mass is 16.5. The minimum Gasteiger partial charge on any atom is -0.493 e. The molecule has 0 atom stereocenters. The first-order valence-electron chi connectivity index (χ1n) is 7.34. The fourth-order valence-electron chi connectivity index (χ4n) is 2.08. The molecule has 22 heavy (non-hydrogen) atoms. The van der Waals surface area contributed by atoms with Crippen molar-refractivity contribution in [1.82, 2.24) is 0 Å². The lowest BCUT2D eigenvalue weighted by Crippen LogP contribution is -2.10. The molecule has 0 radical (unpaired) electrons. The molecule has 118 valence electrons. The molecule has 4 heteroatoms. The summed E-state index contributed by atoms with van der Waals surface area (Å²) in [5.41, 5.74) is 9.13. The number of ether oxygens (including phenoxy) is 3. The third-order valence-electron chi connectivity index (χ3n) is 3.55. The lowest BCUT2D eigenvalue weighted by Gasteiger charge is -2.13. The number of nitrogens with two attached hydrogens (primary N) is 1. The quantitative estimate of drug-likeness (QED) is 0.798. The zero-order valence-corrected chi connectivity index (χ0v) is 13.4. The zero-order valence-electron chi connectivity index (χ0n) is 13.4. The highest BCUT2D eigenvalue weighted by Crippen LogP contribution is 2.28. The number of rotatable bonds is 7. The standard InChI is InChI=1S/C18H23NO3/c1-13-4-6-16(10-14(13)2)21-8-9-22-18-11-15(12-19)5-7-17(18)20-3/h4-7,10-11H,8-9,12,19H2,1-3H3. The number of hydrogen-bond donors (Lipinski definition) is 1. The van der Waals surface area contributed by atoms with Crippen molar-refractivity contribution in [3.8, 4) is 17.2 Å². The largest absolute Gasteiger partial charge is 0.493 e. The van der Waals surface area contributed by atoms with Gasteiger partial charge in [-0.05, 0) is 54.8 Å². The molecule has 0 aliphatic heterocycles. The van der Waals surface area contributed by atoms with Crippen LogP contribution in [0.15, 0.2) is 36.4 Å². The summed E-state index contributed by atoms with van der Waals surface area (Å²) >= 11 is 0. The summed E-state index contributed by atoms with van der Waals surface area (Å²) in [4.78, 5) is 0. The van der Waals surface area contributed by atoms with E-state index in [0.29, 0.717) is 31.3 Å². The van der Waals surface area contributed by atoms with Crippen LogP contribution < -0.4 is 19.9 Å². The van der Waals surface area contributed by atoms with Crippen LogP contribution in [0.25, 0.3) is 0 Å². The van der Waals surface area contributed by atoms with Crippen molar-refractivity contribution < 1.29 is 14.2 Å². The Bertz CT molecular complexity index is 626. The number of benzene rings is 2. The molecular weight excluding hydrogens is 278 g/mol. The third-order valence-corrected chi connectivity index (χ3v) is 3.55. The Balaban J connectivity index is 1.89. The molecule has 0 unspecified atom stereocenters. The van der Waals surface area contributed by atoms with E-state index >= 15 is 0 Å². The predicted molar refractivity (Wildman–Crippen MR) is 87.8 cm³/mol. The fourth-order valence-corrected chi connectivity index (χ4v) is 2.08. The van der Waals surface area contributed by atoms with Crippen LogP contribution in [-0.4, -0.2) is 20.3 Å². The van der Waals surface area contributed by atoms with Gasteiger partial charge in [0.2, 0.25) is 0 Å². The normalized spacial score (nSPS) is 10.4. The maximum Gasteiger partial charge on any atom is 0.161 e. The smallest absolute Gasteiger partial charge is 0.161 e. The zero-order chi connectivity index (χ0) is 15.9. The van der Waals surface area contributed by atoms with Gasteiger partial charge in [0.25, 0.3) is 0 Å². The molecule has 2 N–H and O–H groups in total. The van der Waals surface area contributed by atoms with Gasteiger partial charge in [0.05, 0.1) is 7.11 Å². The second-order valence-electron chi connectivity index (χ2n) is 5.13. The Hall–Kier alpha value is -2.20. The first kappa shape index (κ1) is 16.2. The molecule has 0 saturated heterocycles. The highest BCUT2D eigenvalue weighted by molar-refractivity contribution is 5.43. The van der Waals surface area contributed by atoms with E-state index in [2.05, 4.69) is 19.9 Å². The maximum absolute atomic E-state index is 5.74. The van der Waals surface area contributed by atoms with Crippen LogP contribution in [0.5, 0.6) is 17.2 Å². The fraction of sp³-hybridized carbons (Fsp3) is 0.333. The van der Waals surface area contributed by atoms with Gasteiger partial charge in [0.1, 0.15) is 19.0 Å². The molecule has 2 rings (SSSR count). The van der Waals surface area contributed by atoms with Gasteiger partial charge in [-0.15, -0.1) is 0 Å². The summed E-state index contributed by atoms with van der Waals surface area (Å²) in [5, 5.41) is 0. The average Bonchev–Trinajstić information content (AvgIpc) is 2.54. The van der Waals surface area contributed by atoms with Crippen LogP contribution in [0.4, 0.5) is 0 Å². The molecule has 0 bridgehead atoms. The van der Waals surface area contributed by atoms with E-state index in [0.717, 1.165) is 11.3 Å². The van der Waals surface area contributed by atoms with Gasteiger partial charge in [0.15, 0.2) is 11.5 Å². The van der Waals surface area contributed by atoms with Gasteiger partial charge < -0.3 is 19.9 Å². The van der Waals surface area contributed by atoms with Crippen LogP contribution in [-0.2, 0) is 6.54 Å². The molecule has 0 fully saturated rings. The van der Waals surface area contributed by atoms with Crippen LogP contribution >= 0.6 is 0 Å². The third kappa shape index (κ3) is 4.15. The van der Waals surface area contributed by atoms with E-state index in [-0.39, 0.29) is 0 Å². The van der Waals surface area contributed by atoms with E-state index in [1.54, 1.807) is 7.11 Å². The van der Waals surface area contributed by atoms with Crippen molar-refractivity contribution in [3.63, 3.8) is 0 Å². The molecule has 2 aromatic rings. The number of methoxy groups -OCH3 is 1. The van der Waals surface area contributed by atoms with Gasteiger partial charge in [-0.2, -0.15) is 0 Å². The molecule has 2 aromatic carbocycles. The summed E-state index contributed by atoms with van der Waals surface area (Å²) in [6.45, 7) is 5.54. The number of aryl methyl sites for hydroxylation is 2. The van der Waals surface area contributed by atoms with E-state index in [4.69, 9.17) is 19.9 Å². The topological polar surface area (TPSA) is 53.7 Å². The Morgan fingerprint density at radius 3 is 2.32 bits per heavy atom. The Kier molecular flexibility index (Phi) is 5.67. The lowest BCUT2D eigenvalue weighted by atomic mass is 10.1. The van der Waals surface area contributed by atoms with Gasteiger partial charge in [-0.25, -0.2) is 0 Å². The van der Waals surface area contributed by atoms with Crippen molar-refractivity contribution in [1.29, 1.82) is 0 Å². The SMILES string of the molecule is COc1ccc(CN)cc1OCCOc1ccc(C)c(C)c1.